The number of carbonyl (C=O) groups excluding carboxylic acids is 2. The smallest absolute Gasteiger partial charge is 0.231 e. The molecule has 0 unspecified atom stereocenters. The number of aromatic amines is 1. The lowest BCUT2D eigenvalue weighted by molar-refractivity contribution is -0.122. The molecule has 9 heteroatoms. The van der Waals surface area contributed by atoms with Crippen molar-refractivity contribution in [3.05, 3.63) is 53.2 Å². The number of aryl methyl sites for hydroxylation is 1. The predicted molar refractivity (Wildman–Crippen MR) is 114 cm³/mol. The van der Waals surface area contributed by atoms with Gasteiger partial charge in [-0.25, -0.2) is 4.98 Å². The maximum absolute atomic E-state index is 11.8. The molecule has 0 saturated heterocycles. The maximum atomic E-state index is 11.8. The molecule has 2 heterocycles. The molecule has 0 aliphatic carbocycles. The van der Waals surface area contributed by atoms with Gasteiger partial charge in [-0.05, 0) is 36.8 Å². The van der Waals surface area contributed by atoms with E-state index < -0.39 is 5.91 Å². The molecule has 4 rings (SSSR count). The van der Waals surface area contributed by atoms with Gasteiger partial charge in [0, 0.05) is 29.1 Å². The second-order valence-electron chi connectivity index (χ2n) is 6.84. The van der Waals surface area contributed by atoms with Gasteiger partial charge in [0.15, 0.2) is 5.58 Å². The van der Waals surface area contributed by atoms with Crippen molar-refractivity contribution in [3.63, 3.8) is 0 Å². The number of anilines is 1. The summed E-state index contributed by atoms with van der Waals surface area (Å²) in [6.07, 6.45) is 1.70. The third kappa shape index (κ3) is 4.04. The summed E-state index contributed by atoms with van der Waals surface area (Å²) < 4.78 is 5.91. The molecule has 0 radical (unpaired) electrons. The molecule has 30 heavy (non-hydrogen) atoms. The Morgan fingerprint density at radius 2 is 1.97 bits per heavy atom. The first-order valence-corrected chi connectivity index (χ1v) is 9.57. The van der Waals surface area contributed by atoms with Gasteiger partial charge in [-0.3, -0.25) is 14.7 Å². The van der Waals surface area contributed by atoms with E-state index in [9.17, 15) is 9.59 Å². The first-order chi connectivity index (χ1) is 14.4. The lowest BCUT2D eigenvalue weighted by Crippen LogP contribution is -2.17. The van der Waals surface area contributed by atoms with Crippen molar-refractivity contribution in [1.82, 2.24) is 15.2 Å². The Hall–Kier alpha value is -3.65. The lowest BCUT2D eigenvalue weighted by atomic mass is 10.1. The van der Waals surface area contributed by atoms with Crippen LogP contribution in [0.15, 0.2) is 47.0 Å². The summed E-state index contributed by atoms with van der Waals surface area (Å²) in [5.41, 5.74) is 10.2. The number of nitrogens with one attached hydrogen (secondary N) is 2. The van der Waals surface area contributed by atoms with Crippen LogP contribution in [0.2, 0.25) is 5.02 Å². The Balaban J connectivity index is 1.57. The summed E-state index contributed by atoms with van der Waals surface area (Å²) in [7, 11) is 0. The molecular formula is C21H18ClN5O3. The summed E-state index contributed by atoms with van der Waals surface area (Å²) in [5.74, 6) is -0.354. The first kappa shape index (κ1) is 19.7. The van der Waals surface area contributed by atoms with Gasteiger partial charge in [0.1, 0.15) is 5.52 Å². The van der Waals surface area contributed by atoms with Gasteiger partial charge in [-0.1, -0.05) is 23.7 Å². The molecule has 152 valence electrons. The Morgan fingerprint density at radius 3 is 2.70 bits per heavy atom. The summed E-state index contributed by atoms with van der Waals surface area (Å²) in [6, 6.07) is 10.8. The zero-order chi connectivity index (χ0) is 21.3. The van der Waals surface area contributed by atoms with E-state index in [1.165, 1.54) is 0 Å². The molecule has 0 aliphatic heterocycles. The monoisotopic (exact) mass is 423 g/mol. The van der Waals surface area contributed by atoms with Gasteiger partial charge in [-0.2, -0.15) is 5.10 Å². The zero-order valence-corrected chi connectivity index (χ0v) is 16.8. The van der Waals surface area contributed by atoms with Gasteiger partial charge in [0.2, 0.25) is 17.7 Å². The number of carbonyl (C=O) groups is 2. The molecule has 0 aliphatic rings. The van der Waals surface area contributed by atoms with Crippen molar-refractivity contribution >= 4 is 40.2 Å². The third-order valence-corrected chi connectivity index (χ3v) is 5.00. The molecule has 8 nitrogen and oxygen atoms in total. The average Bonchev–Trinajstić information content (AvgIpc) is 3.34. The minimum Gasteiger partial charge on any atom is -0.436 e. The van der Waals surface area contributed by atoms with Crippen LogP contribution in [0, 0.1) is 6.92 Å². The molecule has 0 fully saturated rings. The number of hydrogen-bond acceptors (Lipinski definition) is 5. The number of fused-ring (bicyclic) bond motifs is 1. The summed E-state index contributed by atoms with van der Waals surface area (Å²) >= 11 is 6.18. The number of benzene rings is 2. The zero-order valence-electron chi connectivity index (χ0n) is 16.0. The fourth-order valence-electron chi connectivity index (χ4n) is 3.01. The Kier molecular flexibility index (Phi) is 5.24. The molecule has 0 atom stereocenters. The van der Waals surface area contributed by atoms with Gasteiger partial charge in [0.25, 0.3) is 0 Å². The van der Waals surface area contributed by atoms with E-state index in [1.807, 2.05) is 25.1 Å². The second kappa shape index (κ2) is 8.00. The fourth-order valence-corrected chi connectivity index (χ4v) is 3.17. The number of hydrogen-bond donors (Lipinski definition) is 3. The van der Waals surface area contributed by atoms with Crippen LogP contribution in [0.4, 0.5) is 5.69 Å². The molecule has 0 bridgehead atoms. The lowest BCUT2D eigenvalue weighted by Gasteiger charge is -2.06. The van der Waals surface area contributed by atoms with Crippen LogP contribution < -0.4 is 11.1 Å². The quantitative estimate of drug-likeness (QED) is 0.431. The molecule has 2 aromatic heterocycles. The maximum Gasteiger partial charge on any atom is 0.231 e. The topological polar surface area (TPSA) is 127 Å². The van der Waals surface area contributed by atoms with Crippen molar-refractivity contribution in [2.24, 2.45) is 5.73 Å². The van der Waals surface area contributed by atoms with Crippen LogP contribution in [0.3, 0.4) is 0 Å². The molecule has 2 amide bonds. The SMILES string of the molecule is Cc1cc2oc(-c3cn[nH]c3-c3ccc(NC(=O)CCC(N)=O)cc3)nc2cc1Cl. The number of halogens is 1. The normalized spacial score (nSPS) is 11.0. The van der Waals surface area contributed by atoms with Crippen molar-refractivity contribution in [2.75, 3.05) is 5.32 Å². The third-order valence-electron chi connectivity index (χ3n) is 4.59. The van der Waals surface area contributed by atoms with E-state index in [2.05, 4.69) is 20.5 Å². The first-order valence-electron chi connectivity index (χ1n) is 9.20. The van der Waals surface area contributed by atoms with Gasteiger partial charge in [0.05, 0.1) is 17.5 Å². The van der Waals surface area contributed by atoms with E-state index in [1.54, 1.807) is 24.4 Å². The molecule has 4 aromatic rings. The van der Waals surface area contributed by atoms with E-state index in [-0.39, 0.29) is 18.7 Å². The van der Waals surface area contributed by atoms with Crippen LogP contribution in [0.5, 0.6) is 0 Å². The highest BCUT2D eigenvalue weighted by Crippen LogP contribution is 2.33. The molecular weight excluding hydrogens is 406 g/mol. The number of aromatic nitrogens is 3. The molecule has 0 saturated carbocycles. The van der Waals surface area contributed by atoms with Crippen LogP contribution in [-0.4, -0.2) is 27.0 Å². The van der Waals surface area contributed by atoms with Gasteiger partial charge in [-0.15, -0.1) is 0 Å². The Bertz CT molecular complexity index is 1200. The van der Waals surface area contributed by atoms with Crippen LogP contribution in [0.1, 0.15) is 18.4 Å². The number of amides is 2. The minimum atomic E-state index is -0.510. The van der Waals surface area contributed by atoms with Crippen LogP contribution in [0.25, 0.3) is 33.8 Å². The predicted octanol–water partition coefficient (Wildman–Crippen LogP) is 4.05. The van der Waals surface area contributed by atoms with Crippen molar-refractivity contribution < 1.29 is 14.0 Å². The van der Waals surface area contributed by atoms with E-state index in [0.29, 0.717) is 33.3 Å². The number of nitrogens with zero attached hydrogens (tertiary/aromatic N) is 2. The fraction of sp³-hybridized carbons (Fsp3) is 0.143. The molecule has 2 aromatic carbocycles. The largest absolute Gasteiger partial charge is 0.436 e. The summed E-state index contributed by atoms with van der Waals surface area (Å²) in [6.45, 7) is 1.90. The van der Waals surface area contributed by atoms with E-state index in [4.69, 9.17) is 21.8 Å². The standard InChI is InChI=1S/C21H18ClN5O3/c1-11-8-17-16(9-15(11)22)26-21(30-17)14-10-24-27-20(14)12-2-4-13(5-3-12)25-19(29)7-6-18(23)28/h2-5,8-10H,6-7H2,1H3,(H2,23,28)(H,24,27)(H,25,29). The number of H-pyrrole nitrogens is 1. The van der Waals surface area contributed by atoms with E-state index >= 15 is 0 Å². The summed E-state index contributed by atoms with van der Waals surface area (Å²) in [5, 5.41) is 10.4. The highest BCUT2D eigenvalue weighted by atomic mass is 35.5. The van der Waals surface area contributed by atoms with Crippen molar-refractivity contribution in [2.45, 2.75) is 19.8 Å². The van der Waals surface area contributed by atoms with E-state index in [0.717, 1.165) is 16.8 Å². The average molecular weight is 424 g/mol. The van der Waals surface area contributed by atoms with Crippen molar-refractivity contribution in [3.8, 4) is 22.7 Å². The highest BCUT2D eigenvalue weighted by molar-refractivity contribution is 6.32. The van der Waals surface area contributed by atoms with Gasteiger partial charge < -0.3 is 15.5 Å². The molecule has 4 N–H and O–H groups in total. The second-order valence-corrected chi connectivity index (χ2v) is 7.25. The number of primary amides is 1. The highest BCUT2D eigenvalue weighted by Gasteiger charge is 2.17. The Morgan fingerprint density at radius 1 is 1.20 bits per heavy atom. The number of rotatable bonds is 6. The number of nitrogens with two attached hydrogens (primary N) is 1. The minimum absolute atomic E-state index is 0.0106. The van der Waals surface area contributed by atoms with Gasteiger partial charge >= 0.3 is 0 Å². The van der Waals surface area contributed by atoms with Crippen molar-refractivity contribution in [1.29, 1.82) is 0 Å². The summed E-state index contributed by atoms with van der Waals surface area (Å²) in [4.78, 5) is 27.2. The Labute approximate surface area is 176 Å². The van der Waals surface area contributed by atoms with Crippen LogP contribution in [-0.2, 0) is 9.59 Å². The molecule has 0 spiro atoms. The number of oxazole rings is 1. The van der Waals surface area contributed by atoms with Crippen LogP contribution >= 0.6 is 11.6 Å².